The maximum absolute atomic E-state index is 11.4. The zero-order chi connectivity index (χ0) is 7.98. The summed E-state index contributed by atoms with van der Waals surface area (Å²) in [6.07, 6.45) is -1.03. The molecule has 0 aromatic rings. The highest BCUT2D eigenvalue weighted by atomic mass is 32.2. The minimum Gasteiger partial charge on any atom is -0.384 e. The first-order valence-corrected chi connectivity index (χ1v) is 3.17. The van der Waals surface area contributed by atoms with Crippen molar-refractivity contribution in [1.29, 1.82) is 0 Å². The van der Waals surface area contributed by atoms with Gasteiger partial charge in [0, 0.05) is 6.54 Å². The van der Waals surface area contributed by atoms with Crippen LogP contribution in [0.15, 0.2) is 5.10 Å². The van der Waals surface area contributed by atoms with Crippen LogP contribution in [0.4, 0.5) is 3.89 Å². The Morgan fingerprint density at radius 2 is 2.50 bits per heavy atom. The van der Waals surface area contributed by atoms with Crippen LogP contribution >= 0.6 is 12.3 Å². The molecule has 0 rings (SSSR count). The van der Waals surface area contributed by atoms with Gasteiger partial charge in [-0.2, -0.15) is 5.10 Å². The number of nitrogens with one attached hydrogen (secondary N) is 1. The van der Waals surface area contributed by atoms with Gasteiger partial charge in [-0.3, -0.25) is 4.72 Å². The van der Waals surface area contributed by atoms with E-state index in [-0.39, 0.29) is 24.7 Å². The Labute approximate surface area is 62.1 Å². The Hall–Kier alpha value is -0.530. The van der Waals surface area contributed by atoms with Crippen LogP contribution in [0.5, 0.6) is 0 Å². The van der Waals surface area contributed by atoms with Crippen molar-refractivity contribution in [3.8, 4) is 0 Å². The maximum Gasteiger partial charge on any atom is 0.163 e. The van der Waals surface area contributed by atoms with Crippen LogP contribution in [0.2, 0.25) is 0 Å². The number of amidine groups is 1. The number of aliphatic hydroxyl groups excluding tert-OH is 1. The van der Waals surface area contributed by atoms with Crippen molar-refractivity contribution in [1.82, 2.24) is 4.72 Å². The molecule has 0 saturated heterocycles. The van der Waals surface area contributed by atoms with Gasteiger partial charge >= 0.3 is 0 Å². The quantitative estimate of drug-likeness (QED) is 0.138. The Morgan fingerprint density at radius 1 is 1.90 bits per heavy atom. The Balaban J connectivity index is 3.82. The monoisotopic (exact) mass is 168 g/mol. The molecule has 7 heteroatoms. The number of hydrogen-bond acceptors (Lipinski definition) is 5. The van der Waals surface area contributed by atoms with Crippen LogP contribution in [0.3, 0.4) is 0 Å². The SMILES string of the molecule is NCC(O)/C(=N/N)NSF. The van der Waals surface area contributed by atoms with Gasteiger partial charge < -0.3 is 16.7 Å². The smallest absolute Gasteiger partial charge is 0.163 e. The summed E-state index contributed by atoms with van der Waals surface area (Å²) in [6, 6.07) is 0. The van der Waals surface area contributed by atoms with Crippen molar-refractivity contribution in [3.05, 3.63) is 0 Å². The van der Waals surface area contributed by atoms with Crippen LogP contribution in [-0.4, -0.2) is 23.6 Å². The third kappa shape index (κ3) is 2.85. The maximum atomic E-state index is 11.4. The van der Waals surface area contributed by atoms with Gasteiger partial charge in [-0.05, 0) is 0 Å². The van der Waals surface area contributed by atoms with Crippen LogP contribution in [-0.2, 0) is 0 Å². The normalized spacial score (nSPS) is 14.9. The summed E-state index contributed by atoms with van der Waals surface area (Å²) in [5, 5.41) is 11.9. The van der Waals surface area contributed by atoms with Crippen molar-refractivity contribution in [2.45, 2.75) is 6.10 Å². The van der Waals surface area contributed by atoms with Crippen molar-refractivity contribution < 1.29 is 8.99 Å². The molecule has 1 atom stereocenters. The molecule has 0 spiro atoms. The zero-order valence-corrected chi connectivity index (χ0v) is 5.94. The van der Waals surface area contributed by atoms with E-state index < -0.39 is 6.10 Å². The van der Waals surface area contributed by atoms with E-state index in [0.29, 0.717) is 0 Å². The molecule has 60 valence electrons. The number of aliphatic hydroxyl groups is 1. The molecule has 0 bridgehead atoms. The van der Waals surface area contributed by atoms with E-state index in [9.17, 15) is 3.89 Å². The lowest BCUT2D eigenvalue weighted by atomic mass is 10.3. The van der Waals surface area contributed by atoms with Gasteiger partial charge in [0.2, 0.25) is 0 Å². The lowest BCUT2D eigenvalue weighted by molar-refractivity contribution is 0.247. The number of nitrogens with zero attached hydrogens (tertiary/aromatic N) is 1. The van der Waals surface area contributed by atoms with Crippen LogP contribution in [0.25, 0.3) is 0 Å². The van der Waals surface area contributed by atoms with Crippen molar-refractivity contribution in [2.75, 3.05) is 6.54 Å². The summed E-state index contributed by atoms with van der Waals surface area (Å²) in [4.78, 5) is 0. The average Bonchev–Trinajstić information content (AvgIpc) is 1.99. The summed E-state index contributed by atoms with van der Waals surface area (Å²) < 4.78 is 13.5. The van der Waals surface area contributed by atoms with Crippen LogP contribution in [0.1, 0.15) is 0 Å². The molecular formula is C3H9FN4OS. The lowest BCUT2D eigenvalue weighted by Gasteiger charge is -2.08. The fraction of sp³-hybridized carbons (Fsp3) is 0.667. The molecule has 0 radical (unpaired) electrons. The first-order valence-electron chi connectivity index (χ1n) is 2.45. The lowest BCUT2D eigenvalue weighted by Crippen LogP contribution is -2.36. The van der Waals surface area contributed by atoms with E-state index >= 15 is 0 Å². The molecule has 0 aliphatic heterocycles. The van der Waals surface area contributed by atoms with Gasteiger partial charge in [0.15, 0.2) is 18.2 Å². The van der Waals surface area contributed by atoms with E-state index in [0.717, 1.165) is 0 Å². The van der Waals surface area contributed by atoms with E-state index in [1.54, 1.807) is 0 Å². The van der Waals surface area contributed by atoms with Gasteiger partial charge in [-0.25, -0.2) is 0 Å². The van der Waals surface area contributed by atoms with Gasteiger partial charge in [-0.15, -0.1) is 3.89 Å². The Bertz CT molecular complexity index is 121. The minimum atomic E-state index is -1.03. The topological polar surface area (TPSA) is 96.7 Å². The summed E-state index contributed by atoms with van der Waals surface area (Å²) in [6.45, 7) is -0.0520. The molecular weight excluding hydrogens is 159 g/mol. The van der Waals surface area contributed by atoms with E-state index in [1.165, 1.54) is 0 Å². The summed E-state index contributed by atoms with van der Waals surface area (Å²) in [7, 11) is 0. The molecule has 0 aliphatic carbocycles. The second-order valence-electron chi connectivity index (χ2n) is 1.45. The minimum absolute atomic E-state index is 0.0520. The molecule has 0 aromatic carbocycles. The summed E-state index contributed by atoms with van der Waals surface area (Å²) >= 11 is -0.198. The van der Waals surface area contributed by atoms with Gasteiger partial charge in [0.25, 0.3) is 0 Å². The molecule has 0 amide bonds. The first kappa shape index (κ1) is 9.47. The van der Waals surface area contributed by atoms with Crippen molar-refractivity contribution in [2.24, 2.45) is 16.7 Å². The molecule has 0 fully saturated rings. The largest absolute Gasteiger partial charge is 0.384 e. The molecule has 0 heterocycles. The van der Waals surface area contributed by atoms with Crippen LogP contribution in [0, 0.1) is 0 Å². The molecule has 6 N–H and O–H groups in total. The van der Waals surface area contributed by atoms with Gasteiger partial charge in [0.1, 0.15) is 6.10 Å². The average molecular weight is 168 g/mol. The number of nitrogens with two attached hydrogens (primary N) is 2. The molecule has 10 heavy (non-hydrogen) atoms. The molecule has 1 unspecified atom stereocenters. The van der Waals surface area contributed by atoms with Gasteiger partial charge in [0.05, 0.1) is 0 Å². The van der Waals surface area contributed by atoms with E-state index in [2.05, 4.69) is 5.10 Å². The molecule has 0 aromatic heterocycles. The number of hydrazone groups is 1. The first-order chi connectivity index (χ1) is 4.76. The van der Waals surface area contributed by atoms with Crippen molar-refractivity contribution >= 4 is 18.2 Å². The highest BCUT2D eigenvalue weighted by Crippen LogP contribution is 1.94. The number of halogens is 1. The zero-order valence-electron chi connectivity index (χ0n) is 5.12. The fourth-order valence-corrected chi connectivity index (χ4v) is 0.599. The Kier molecular flexibility index (Phi) is 4.99. The standard InChI is InChI=1S/C3H9FN4OS/c4-10-8-3(7-6)2(9)1-5/h2,9H,1,5-6H2,(H,7,8). The fourth-order valence-electron chi connectivity index (χ4n) is 0.332. The predicted octanol–water partition coefficient (Wildman–Crippen LogP) is -1.30. The highest BCUT2D eigenvalue weighted by molar-refractivity contribution is 7.92. The van der Waals surface area contributed by atoms with Crippen LogP contribution < -0.4 is 16.3 Å². The molecule has 0 aliphatic rings. The number of rotatable bonds is 3. The van der Waals surface area contributed by atoms with Gasteiger partial charge in [-0.1, -0.05) is 0 Å². The Morgan fingerprint density at radius 3 is 2.80 bits per heavy atom. The summed E-state index contributed by atoms with van der Waals surface area (Å²) in [5.41, 5.74) is 5.02. The molecule has 0 saturated carbocycles. The second-order valence-corrected chi connectivity index (χ2v) is 1.80. The third-order valence-corrected chi connectivity index (χ3v) is 1.11. The summed E-state index contributed by atoms with van der Waals surface area (Å²) in [5.74, 6) is 4.69. The predicted molar refractivity (Wildman–Crippen MR) is 38.5 cm³/mol. The second kappa shape index (κ2) is 5.27. The highest BCUT2D eigenvalue weighted by Gasteiger charge is 2.09. The number of hydrogen-bond donors (Lipinski definition) is 4. The van der Waals surface area contributed by atoms with Crippen molar-refractivity contribution in [3.63, 3.8) is 0 Å². The third-order valence-electron chi connectivity index (χ3n) is 0.821. The van der Waals surface area contributed by atoms with E-state index in [1.807, 2.05) is 4.72 Å². The molecule has 5 nitrogen and oxygen atoms in total. The van der Waals surface area contributed by atoms with E-state index in [4.69, 9.17) is 16.7 Å².